The molecule has 0 aromatic carbocycles. The summed E-state index contributed by atoms with van der Waals surface area (Å²) in [6, 6.07) is 0. The highest BCUT2D eigenvalue weighted by atomic mass is 16.5. The molecule has 8 heteroatoms. The molecule has 0 aromatic heterocycles. The standard InChI is InChI=1S/C36H38N4O4/c1-8-10-23-33-19(5)25(16-41)29(39-33)14-26-17(3)21(9-2)28(37-26)15-27-20(6)32-30(42)13-24(36(32)38-27)35-22(11-12-31(43)44-7)18(4)34(23)40-35/h14-15,18,22,40-42H,9,11-13,16H2,1-7H3/t18-,22-/m0/s1. The van der Waals surface area contributed by atoms with Gasteiger partial charge in [0.15, 0.2) is 0 Å². The average Bonchev–Trinajstić information content (AvgIpc) is 3.76. The lowest BCUT2D eigenvalue weighted by molar-refractivity contribution is -0.140. The first-order valence-corrected chi connectivity index (χ1v) is 15.2. The SMILES string of the molecule is CC#CC1=C2NC(=C3CC(O)=C4C3=NC(=C4C)C=C3N=C(C=C4N=C1C(C)=C4CO)C(C)=C3CC)[C@@H](CCC(=O)OC)[C@@H]2C. The molecule has 226 valence electrons. The summed E-state index contributed by atoms with van der Waals surface area (Å²) < 4.78 is 4.99. The van der Waals surface area contributed by atoms with Crippen LogP contribution in [0.25, 0.3) is 0 Å². The molecular formula is C36H38N4O4. The van der Waals surface area contributed by atoms with Crippen LogP contribution in [0.3, 0.4) is 0 Å². The second-order valence-electron chi connectivity index (χ2n) is 11.9. The number of aliphatic hydroxyl groups is 2. The minimum atomic E-state index is -0.267. The first-order valence-electron chi connectivity index (χ1n) is 15.2. The Morgan fingerprint density at radius 3 is 2.48 bits per heavy atom. The predicted octanol–water partition coefficient (Wildman–Crippen LogP) is 6.00. The monoisotopic (exact) mass is 590 g/mol. The molecule has 0 unspecified atom stereocenters. The van der Waals surface area contributed by atoms with Crippen LogP contribution >= 0.6 is 0 Å². The van der Waals surface area contributed by atoms with Gasteiger partial charge in [-0.25, -0.2) is 15.0 Å². The van der Waals surface area contributed by atoms with Gasteiger partial charge in [0.2, 0.25) is 0 Å². The molecule has 6 rings (SSSR count). The molecule has 2 atom stereocenters. The number of carbonyl (C=O) groups excluding carboxylic acids is 1. The van der Waals surface area contributed by atoms with Crippen LogP contribution in [0.5, 0.6) is 0 Å². The first kappa shape index (κ1) is 29.6. The van der Waals surface area contributed by atoms with E-state index in [2.05, 4.69) is 37.9 Å². The van der Waals surface area contributed by atoms with Gasteiger partial charge in [0.25, 0.3) is 0 Å². The molecule has 1 fully saturated rings. The molecule has 0 amide bonds. The fourth-order valence-electron chi connectivity index (χ4n) is 7.14. The highest BCUT2D eigenvalue weighted by Crippen LogP contribution is 2.47. The number of esters is 1. The van der Waals surface area contributed by atoms with Gasteiger partial charge in [0.05, 0.1) is 53.5 Å². The molecule has 1 aliphatic carbocycles. The molecule has 5 heterocycles. The summed E-state index contributed by atoms with van der Waals surface area (Å²) in [5.41, 5.74) is 13.6. The first-order chi connectivity index (χ1) is 21.1. The van der Waals surface area contributed by atoms with Gasteiger partial charge in [0, 0.05) is 52.8 Å². The van der Waals surface area contributed by atoms with E-state index in [-0.39, 0.29) is 30.8 Å². The molecule has 8 bridgehead atoms. The zero-order valence-electron chi connectivity index (χ0n) is 26.4. The summed E-state index contributed by atoms with van der Waals surface area (Å²) in [4.78, 5) is 27.5. The van der Waals surface area contributed by atoms with Crippen LogP contribution in [0.4, 0.5) is 0 Å². The van der Waals surface area contributed by atoms with Crippen molar-refractivity contribution in [3.8, 4) is 11.8 Å². The minimum absolute atomic E-state index is 0.0451. The van der Waals surface area contributed by atoms with Gasteiger partial charge in [-0.05, 0) is 75.0 Å². The van der Waals surface area contributed by atoms with E-state index < -0.39 is 0 Å². The van der Waals surface area contributed by atoms with Crippen molar-refractivity contribution in [3.63, 3.8) is 0 Å². The van der Waals surface area contributed by atoms with E-state index in [1.807, 2.05) is 26.0 Å². The van der Waals surface area contributed by atoms with E-state index in [1.54, 1.807) is 6.92 Å². The normalized spacial score (nSPS) is 24.0. The van der Waals surface area contributed by atoms with Crippen LogP contribution in [0, 0.1) is 23.7 Å². The van der Waals surface area contributed by atoms with Crippen LogP contribution in [-0.2, 0) is 9.53 Å². The highest BCUT2D eigenvalue weighted by Gasteiger charge is 2.42. The molecule has 0 radical (unpaired) electrons. The molecule has 44 heavy (non-hydrogen) atoms. The Balaban J connectivity index is 1.66. The smallest absolute Gasteiger partial charge is 0.305 e. The van der Waals surface area contributed by atoms with Crippen molar-refractivity contribution in [1.29, 1.82) is 0 Å². The van der Waals surface area contributed by atoms with Crippen molar-refractivity contribution in [1.82, 2.24) is 5.32 Å². The van der Waals surface area contributed by atoms with E-state index in [1.165, 1.54) is 7.11 Å². The van der Waals surface area contributed by atoms with Gasteiger partial charge in [-0.15, -0.1) is 5.92 Å². The maximum Gasteiger partial charge on any atom is 0.305 e. The molecule has 8 nitrogen and oxygen atoms in total. The molecule has 6 aliphatic rings. The Labute approximate surface area is 258 Å². The van der Waals surface area contributed by atoms with Gasteiger partial charge < -0.3 is 20.3 Å². The van der Waals surface area contributed by atoms with E-state index in [0.717, 1.165) is 85.2 Å². The quantitative estimate of drug-likeness (QED) is 0.269. The third-order valence-electron chi connectivity index (χ3n) is 9.61. The van der Waals surface area contributed by atoms with Gasteiger partial charge in [-0.2, -0.15) is 0 Å². The Hall–Kier alpha value is -4.48. The van der Waals surface area contributed by atoms with Crippen molar-refractivity contribution >= 4 is 23.1 Å². The minimum Gasteiger partial charge on any atom is -0.511 e. The summed E-state index contributed by atoms with van der Waals surface area (Å²) in [5, 5.41) is 25.5. The average molecular weight is 591 g/mol. The Morgan fingerprint density at radius 1 is 1.05 bits per heavy atom. The lowest BCUT2D eigenvalue weighted by atomic mass is 9.85. The van der Waals surface area contributed by atoms with Crippen molar-refractivity contribution in [3.05, 3.63) is 91.0 Å². The third-order valence-corrected chi connectivity index (χ3v) is 9.61. The summed E-state index contributed by atoms with van der Waals surface area (Å²) in [7, 11) is 1.41. The van der Waals surface area contributed by atoms with E-state index in [0.29, 0.717) is 30.0 Å². The number of nitrogens with one attached hydrogen (secondary N) is 1. The van der Waals surface area contributed by atoms with Gasteiger partial charge in [-0.1, -0.05) is 19.8 Å². The molecule has 0 spiro atoms. The molecule has 1 saturated heterocycles. The van der Waals surface area contributed by atoms with Gasteiger partial charge >= 0.3 is 5.97 Å². The highest BCUT2D eigenvalue weighted by molar-refractivity contribution is 6.22. The number of rotatable bonds is 5. The number of aliphatic hydroxyl groups excluding tert-OH is 2. The van der Waals surface area contributed by atoms with Crippen LogP contribution in [0.15, 0.2) is 106 Å². The fourth-order valence-corrected chi connectivity index (χ4v) is 7.14. The lowest BCUT2D eigenvalue weighted by Crippen LogP contribution is -2.16. The molecule has 0 aromatic rings. The van der Waals surface area contributed by atoms with Crippen molar-refractivity contribution < 1.29 is 19.7 Å². The number of aliphatic imine (C=N–C) groups is 3. The summed E-state index contributed by atoms with van der Waals surface area (Å²) in [5.74, 6) is 6.32. The van der Waals surface area contributed by atoms with Crippen molar-refractivity contribution in [2.24, 2.45) is 26.8 Å². The molecule has 5 aliphatic heterocycles. The predicted molar refractivity (Wildman–Crippen MR) is 173 cm³/mol. The summed E-state index contributed by atoms with van der Waals surface area (Å²) in [6.07, 6.45) is 5.93. The number of nitrogens with zero attached hydrogens (tertiary/aromatic N) is 3. The van der Waals surface area contributed by atoms with E-state index in [9.17, 15) is 15.0 Å². The number of methoxy groups -OCH3 is 1. The Kier molecular flexibility index (Phi) is 7.54. The number of hydrogen-bond acceptors (Lipinski definition) is 8. The zero-order chi connectivity index (χ0) is 31.4. The van der Waals surface area contributed by atoms with Crippen LogP contribution in [0.2, 0.25) is 0 Å². The summed E-state index contributed by atoms with van der Waals surface area (Å²) in [6.45, 7) is 11.9. The number of hydrogen-bond donors (Lipinski definition) is 3. The molecule has 3 N–H and O–H groups in total. The largest absolute Gasteiger partial charge is 0.511 e. The topological polar surface area (TPSA) is 116 Å². The second-order valence-corrected chi connectivity index (χ2v) is 11.9. The Bertz CT molecular complexity index is 1840. The van der Waals surface area contributed by atoms with Gasteiger partial charge in [0.1, 0.15) is 5.76 Å². The lowest BCUT2D eigenvalue weighted by Gasteiger charge is -2.17. The molecule has 0 saturated carbocycles. The van der Waals surface area contributed by atoms with Crippen LogP contribution in [-0.4, -0.2) is 47.0 Å². The maximum absolute atomic E-state index is 12.3. The number of ether oxygens (including phenoxy) is 1. The maximum atomic E-state index is 12.3. The zero-order valence-corrected chi connectivity index (χ0v) is 26.4. The second kappa shape index (κ2) is 11.2. The summed E-state index contributed by atoms with van der Waals surface area (Å²) >= 11 is 0. The van der Waals surface area contributed by atoms with Crippen molar-refractivity contribution in [2.45, 2.75) is 67.2 Å². The third kappa shape index (κ3) is 4.49. The van der Waals surface area contributed by atoms with E-state index in [4.69, 9.17) is 19.7 Å². The fraction of sp³-hybridized carbons (Fsp3) is 0.389. The van der Waals surface area contributed by atoms with Gasteiger partial charge in [-0.3, -0.25) is 4.79 Å². The molecular weight excluding hydrogens is 552 g/mol. The Morgan fingerprint density at radius 2 is 1.80 bits per heavy atom. The van der Waals surface area contributed by atoms with Crippen LogP contribution < -0.4 is 5.32 Å². The number of carbonyl (C=O) groups is 1. The van der Waals surface area contributed by atoms with E-state index >= 15 is 0 Å². The number of allylic oxidation sites excluding steroid dienone is 11. The van der Waals surface area contributed by atoms with Crippen LogP contribution in [0.1, 0.15) is 67.2 Å². The number of fused-ring (bicyclic) bond motifs is 5. The van der Waals surface area contributed by atoms with Crippen molar-refractivity contribution in [2.75, 3.05) is 13.7 Å².